The first-order chi connectivity index (χ1) is 4.43. The van der Waals surface area contributed by atoms with E-state index in [1.54, 1.807) is 13.7 Å². The van der Waals surface area contributed by atoms with E-state index >= 15 is 0 Å². The number of rotatable bonds is 2. The van der Waals surface area contributed by atoms with Crippen LogP contribution >= 0.6 is 0 Å². The molecule has 1 aromatic rings. The van der Waals surface area contributed by atoms with E-state index in [0.29, 0.717) is 0 Å². The molecular weight excluding hydrogens is 172 g/mol. The van der Waals surface area contributed by atoms with Gasteiger partial charge in [0.05, 0.1) is 0 Å². The smallest absolute Gasteiger partial charge is 1.00 e. The number of halogens is 1. The Kier molecular flexibility index (Phi) is 10.2. The van der Waals surface area contributed by atoms with Gasteiger partial charge in [-0.25, -0.2) is 0 Å². The topological polar surface area (TPSA) is 9.23 Å². The van der Waals surface area contributed by atoms with Gasteiger partial charge in [0.2, 0.25) is 0 Å². The van der Waals surface area contributed by atoms with Crippen LogP contribution in [0.25, 0.3) is 0 Å². The van der Waals surface area contributed by atoms with Crippen LogP contribution in [0.1, 0.15) is 5.56 Å². The molecule has 0 aliphatic rings. The molecule has 0 aliphatic carbocycles. The number of methoxy groups -OCH3 is 1. The Balaban J connectivity index is 0. The minimum absolute atomic E-state index is 0. The summed E-state index contributed by atoms with van der Waals surface area (Å²) in [7, 11) is 1.65. The van der Waals surface area contributed by atoms with Crippen molar-refractivity contribution < 1.29 is 17.1 Å². The SMILES string of the molecule is CO[CH-]c1ccccc1.[Cl-].[Mg+2]. The van der Waals surface area contributed by atoms with Crippen molar-refractivity contribution in [1.82, 2.24) is 0 Å². The third-order valence-electron chi connectivity index (χ3n) is 1.05. The van der Waals surface area contributed by atoms with Crippen LogP contribution in [0.15, 0.2) is 30.3 Å². The van der Waals surface area contributed by atoms with Crippen molar-refractivity contribution in [3.8, 4) is 0 Å². The summed E-state index contributed by atoms with van der Waals surface area (Å²) >= 11 is 0. The van der Waals surface area contributed by atoms with Gasteiger partial charge in [-0.05, 0) is 0 Å². The van der Waals surface area contributed by atoms with Crippen LogP contribution in [0.4, 0.5) is 0 Å². The van der Waals surface area contributed by atoms with Crippen LogP contribution in [0.5, 0.6) is 0 Å². The van der Waals surface area contributed by atoms with Crippen LogP contribution in [-0.4, -0.2) is 30.2 Å². The molecule has 11 heavy (non-hydrogen) atoms. The Morgan fingerprint density at radius 2 is 1.73 bits per heavy atom. The van der Waals surface area contributed by atoms with Crippen molar-refractivity contribution >= 4 is 23.1 Å². The summed E-state index contributed by atoms with van der Waals surface area (Å²) in [6, 6.07) is 9.91. The summed E-state index contributed by atoms with van der Waals surface area (Å²) in [5.41, 5.74) is 1.10. The average molecular weight is 181 g/mol. The molecule has 3 heteroatoms. The van der Waals surface area contributed by atoms with Gasteiger partial charge in [0.1, 0.15) is 0 Å². The summed E-state index contributed by atoms with van der Waals surface area (Å²) in [5, 5.41) is 0. The fourth-order valence-corrected chi connectivity index (χ4v) is 0.668. The molecule has 0 aromatic heterocycles. The van der Waals surface area contributed by atoms with E-state index < -0.39 is 0 Å². The first-order valence-electron chi connectivity index (χ1n) is 2.84. The Hall–Kier alpha value is 0.106. The van der Waals surface area contributed by atoms with Crippen molar-refractivity contribution in [2.45, 2.75) is 0 Å². The second-order valence-electron chi connectivity index (χ2n) is 1.76. The molecule has 0 radical (unpaired) electrons. The van der Waals surface area contributed by atoms with E-state index in [1.807, 2.05) is 30.3 Å². The summed E-state index contributed by atoms with van der Waals surface area (Å²) in [5.74, 6) is 0. The molecule has 56 valence electrons. The Morgan fingerprint density at radius 1 is 1.18 bits per heavy atom. The van der Waals surface area contributed by atoms with E-state index in [1.165, 1.54) is 0 Å². The molecule has 0 spiro atoms. The molecule has 1 rings (SSSR count). The standard InChI is InChI=1S/C8H9O.ClH.Mg/c1-9-7-8-5-3-2-4-6-8;;/h2-7H,1H3;1H;/q-1;;+2/p-1. The molecule has 0 saturated heterocycles. The summed E-state index contributed by atoms with van der Waals surface area (Å²) in [6.45, 7) is 1.71. The molecule has 1 aromatic carbocycles. The van der Waals surface area contributed by atoms with Crippen LogP contribution in [0.2, 0.25) is 0 Å². The van der Waals surface area contributed by atoms with Crippen LogP contribution < -0.4 is 12.4 Å². The van der Waals surface area contributed by atoms with Crippen molar-refractivity contribution in [2.75, 3.05) is 7.11 Å². The minimum Gasteiger partial charge on any atom is -1.00 e. The van der Waals surface area contributed by atoms with E-state index in [9.17, 15) is 0 Å². The first-order valence-corrected chi connectivity index (χ1v) is 2.84. The molecule has 0 aliphatic heterocycles. The average Bonchev–Trinajstić information content (AvgIpc) is 1.91. The molecule has 1 nitrogen and oxygen atoms in total. The molecular formula is C8H9ClMgO. The summed E-state index contributed by atoms with van der Waals surface area (Å²) in [6.07, 6.45) is 0. The van der Waals surface area contributed by atoms with Gasteiger partial charge in [0.25, 0.3) is 0 Å². The van der Waals surface area contributed by atoms with Crippen molar-refractivity contribution in [1.29, 1.82) is 0 Å². The van der Waals surface area contributed by atoms with Gasteiger partial charge < -0.3 is 17.1 Å². The number of hydrogen-bond acceptors (Lipinski definition) is 1. The largest absolute Gasteiger partial charge is 2.00 e. The number of benzene rings is 1. The van der Waals surface area contributed by atoms with E-state index in [-0.39, 0.29) is 35.5 Å². The van der Waals surface area contributed by atoms with Gasteiger partial charge in [-0.1, -0.05) is 12.7 Å². The molecule has 0 N–H and O–H groups in total. The van der Waals surface area contributed by atoms with E-state index in [0.717, 1.165) is 5.56 Å². The van der Waals surface area contributed by atoms with Gasteiger partial charge in [-0.3, -0.25) is 0 Å². The van der Waals surface area contributed by atoms with Gasteiger partial charge in [-0.2, -0.15) is 17.7 Å². The summed E-state index contributed by atoms with van der Waals surface area (Å²) < 4.78 is 4.80. The van der Waals surface area contributed by atoms with E-state index in [2.05, 4.69) is 0 Å². The Bertz CT molecular complexity index is 167. The van der Waals surface area contributed by atoms with Gasteiger partial charge >= 0.3 is 23.1 Å². The van der Waals surface area contributed by atoms with Crippen LogP contribution in [0.3, 0.4) is 0 Å². The molecule has 0 atom stereocenters. The van der Waals surface area contributed by atoms with E-state index in [4.69, 9.17) is 4.74 Å². The van der Waals surface area contributed by atoms with Crippen molar-refractivity contribution in [3.05, 3.63) is 42.5 Å². The fourth-order valence-electron chi connectivity index (χ4n) is 0.668. The number of hydrogen-bond donors (Lipinski definition) is 0. The van der Waals surface area contributed by atoms with Gasteiger partial charge in [0.15, 0.2) is 0 Å². The predicted molar refractivity (Wildman–Crippen MR) is 42.6 cm³/mol. The molecule has 0 heterocycles. The van der Waals surface area contributed by atoms with Gasteiger partial charge in [0, 0.05) is 7.11 Å². The molecule has 0 bridgehead atoms. The van der Waals surface area contributed by atoms with Crippen molar-refractivity contribution in [3.63, 3.8) is 0 Å². The van der Waals surface area contributed by atoms with Crippen molar-refractivity contribution in [2.24, 2.45) is 0 Å². The van der Waals surface area contributed by atoms with Crippen LogP contribution in [-0.2, 0) is 4.74 Å². The predicted octanol–water partition coefficient (Wildman–Crippen LogP) is -1.53. The second kappa shape index (κ2) is 8.21. The van der Waals surface area contributed by atoms with Crippen LogP contribution in [0, 0.1) is 6.61 Å². The maximum Gasteiger partial charge on any atom is 2.00 e. The third kappa shape index (κ3) is 5.38. The quantitative estimate of drug-likeness (QED) is 0.397. The molecule has 0 amide bonds. The minimum atomic E-state index is 0. The third-order valence-corrected chi connectivity index (χ3v) is 1.05. The molecule has 0 unspecified atom stereocenters. The summed E-state index contributed by atoms with van der Waals surface area (Å²) in [4.78, 5) is 0. The maximum atomic E-state index is 4.80. The Morgan fingerprint density at radius 3 is 2.18 bits per heavy atom. The number of ether oxygens (including phenoxy) is 1. The zero-order valence-corrected chi connectivity index (χ0v) is 8.63. The molecule has 0 fully saturated rings. The maximum absolute atomic E-state index is 4.80. The zero-order chi connectivity index (χ0) is 6.53. The zero-order valence-electron chi connectivity index (χ0n) is 6.46. The second-order valence-corrected chi connectivity index (χ2v) is 1.76. The molecule has 0 saturated carbocycles. The Labute approximate surface area is 89.7 Å². The first kappa shape index (κ1) is 13.7. The normalized spacial score (nSPS) is 7.36. The van der Waals surface area contributed by atoms with Gasteiger partial charge in [-0.15, -0.1) is 12.1 Å². The fraction of sp³-hybridized carbons (Fsp3) is 0.125. The monoisotopic (exact) mass is 180 g/mol.